The van der Waals surface area contributed by atoms with Gasteiger partial charge in [0.15, 0.2) is 0 Å². The number of hydrogen-bond acceptors (Lipinski definition) is 2. The van der Waals surface area contributed by atoms with E-state index >= 15 is 0 Å². The van der Waals surface area contributed by atoms with Gasteiger partial charge in [-0.1, -0.05) is 97.3 Å². The third kappa shape index (κ3) is 8.20. The lowest BCUT2D eigenvalue weighted by molar-refractivity contribution is 0.251. The Hall–Kier alpha value is -2.10. The summed E-state index contributed by atoms with van der Waals surface area (Å²) in [5.74, 6) is 0. The molecule has 0 atom stereocenters. The zero-order chi connectivity index (χ0) is 24.4. The molecule has 1 aliphatic heterocycles. The van der Waals surface area contributed by atoms with Crippen LogP contribution in [0.1, 0.15) is 66.3 Å². The van der Waals surface area contributed by atoms with Crippen LogP contribution < -0.4 is 5.32 Å². The van der Waals surface area contributed by atoms with Crippen LogP contribution in [0.15, 0.2) is 84.4 Å². The van der Waals surface area contributed by atoms with Gasteiger partial charge in [0.25, 0.3) is 0 Å². The highest BCUT2D eigenvalue weighted by Gasteiger charge is 2.23. The average molecular weight is 552 g/mol. The van der Waals surface area contributed by atoms with Gasteiger partial charge in [-0.05, 0) is 98.0 Å². The predicted octanol–water partition coefficient (Wildman–Crippen LogP) is 7.92. The van der Waals surface area contributed by atoms with Crippen LogP contribution in [0.25, 0.3) is 5.57 Å². The molecule has 1 saturated heterocycles. The van der Waals surface area contributed by atoms with Crippen molar-refractivity contribution in [2.24, 2.45) is 0 Å². The first-order valence-corrected chi connectivity index (χ1v) is 14.2. The van der Waals surface area contributed by atoms with Crippen LogP contribution in [0, 0.1) is 0 Å². The highest BCUT2D eigenvalue weighted by Crippen LogP contribution is 2.38. The molecule has 2 aliphatic rings. The second-order valence-electron chi connectivity index (χ2n) is 10.5. The van der Waals surface area contributed by atoms with Crippen LogP contribution in [0.2, 0.25) is 0 Å². The van der Waals surface area contributed by atoms with Crippen LogP contribution in [-0.4, -0.2) is 37.6 Å². The lowest BCUT2D eigenvalue weighted by Crippen LogP contribution is -2.32. The molecule has 0 bridgehead atoms. The second kappa shape index (κ2) is 16.1. The van der Waals surface area contributed by atoms with Crippen molar-refractivity contribution in [3.8, 4) is 0 Å². The minimum atomic E-state index is 0. The van der Waals surface area contributed by atoms with Crippen molar-refractivity contribution >= 4 is 30.4 Å². The molecule has 0 spiro atoms. The third-order valence-corrected chi connectivity index (χ3v) is 8.06. The van der Waals surface area contributed by atoms with Crippen molar-refractivity contribution < 1.29 is 0 Å². The molecule has 3 aromatic rings. The molecule has 0 aromatic heterocycles. The number of hydrogen-bond donors (Lipinski definition) is 1. The Kier molecular flexibility index (Phi) is 12.9. The van der Waals surface area contributed by atoms with Gasteiger partial charge in [0.05, 0.1) is 0 Å². The lowest BCUT2D eigenvalue weighted by Gasteiger charge is -2.30. The van der Waals surface area contributed by atoms with Gasteiger partial charge in [-0.15, -0.1) is 24.8 Å². The molecule has 5 rings (SSSR count). The lowest BCUT2D eigenvalue weighted by atomic mass is 9.86. The maximum atomic E-state index is 3.61. The molecule has 204 valence electrons. The quantitative estimate of drug-likeness (QED) is 0.258. The normalized spacial score (nSPS) is 15.1. The summed E-state index contributed by atoms with van der Waals surface area (Å²) in [6.07, 6.45) is 11.2. The van der Waals surface area contributed by atoms with E-state index in [1.807, 2.05) is 0 Å². The molecule has 1 fully saturated rings. The van der Waals surface area contributed by atoms with Crippen molar-refractivity contribution in [3.05, 3.63) is 112 Å². The molecular weight excluding hydrogens is 507 g/mol. The number of halogens is 2. The van der Waals surface area contributed by atoms with Gasteiger partial charge in [0.1, 0.15) is 0 Å². The minimum Gasteiger partial charge on any atom is -0.316 e. The van der Waals surface area contributed by atoms with Gasteiger partial charge in [-0.3, -0.25) is 0 Å². The third-order valence-electron chi connectivity index (χ3n) is 8.06. The van der Waals surface area contributed by atoms with E-state index in [1.54, 1.807) is 11.1 Å². The van der Waals surface area contributed by atoms with Crippen LogP contribution in [0.3, 0.4) is 0 Å². The number of piperidine rings is 1. The number of benzene rings is 3. The number of fused-ring (bicyclic) bond motifs is 2. The second-order valence-corrected chi connectivity index (χ2v) is 10.5. The van der Waals surface area contributed by atoms with Crippen molar-refractivity contribution in [1.82, 2.24) is 10.2 Å². The number of unbranched alkanes of at least 4 members (excludes halogenated alkanes) is 3. The number of likely N-dealkylation sites (tertiary alicyclic amines) is 1. The number of aryl methyl sites for hydroxylation is 2. The first-order chi connectivity index (χ1) is 17.9. The van der Waals surface area contributed by atoms with E-state index in [-0.39, 0.29) is 24.8 Å². The van der Waals surface area contributed by atoms with E-state index in [0.717, 1.165) is 32.4 Å². The van der Waals surface area contributed by atoms with Gasteiger partial charge in [0, 0.05) is 13.1 Å². The van der Waals surface area contributed by atoms with Gasteiger partial charge < -0.3 is 10.2 Å². The van der Waals surface area contributed by atoms with Crippen LogP contribution in [0.5, 0.6) is 0 Å². The van der Waals surface area contributed by atoms with E-state index in [9.17, 15) is 0 Å². The first kappa shape index (κ1) is 30.4. The zero-order valence-corrected chi connectivity index (χ0v) is 24.3. The van der Waals surface area contributed by atoms with E-state index < -0.39 is 0 Å². The van der Waals surface area contributed by atoms with Gasteiger partial charge in [-0.25, -0.2) is 0 Å². The highest BCUT2D eigenvalue weighted by atomic mass is 35.5. The van der Waals surface area contributed by atoms with Crippen molar-refractivity contribution in [2.45, 2.75) is 57.8 Å². The fourth-order valence-corrected chi connectivity index (χ4v) is 6.00. The Labute approximate surface area is 242 Å². The maximum absolute atomic E-state index is 3.61. The van der Waals surface area contributed by atoms with Crippen LogP contribution >= 0.6 is 24.8 Å². The predicted molar refractivity (Wildman–Crippen MR) is 168 cm³/mol. The van der Waals surface area contributed by atoms with Gasteiger partial charge >= 0.3 is 0 Å². The summed E-state index contributed by atoms with van der Waals surface area (Å²) in [5, 5.41) is 3.61. The van der Waals surface area contributed by atoms with Crippen LogP contribution in [-0.2, 0) is 19.3 Å². The van der Waals surface area contributed by atoms with E-state index in [4.69, 9.17) is 0 Å². The van der Waals surface area contributed by atoms with Gasteiger partial charge in [-0.2, -0.15) is 0 Å². The van der Waals surface area contributed by atoms with E-state index in [1.165, 1.54) is 86.0 Å². The molecule has 0 unspecified atom stereocenters. The SMILES string of the molecule is Cl.Cl.c1ccc(CCNCCCCCCN2CCC(=C3c4ccccc4CCc4ccccc43)CC2)cc1. The molecule has 4 heteroatoms. The molecule has 2 nitrogen and oxygen atoms in total. The molecule has 1 aliphatic carbocycles. The Bertz CT molecular complexity index is 1080. The average Bonchev–Trinajstić information content (AvgIpc) is 3.10. The molecule has 38 heavy (non-hydrogen) atoms. The van der Waals surface area contributed by atoms with E-state index in [2.05, 4.69) is 89.1 Å². The van der Waals surface area contributed by atoms with E-state index in [0.29, 0.717) is 0 Å². The minimum absolute atomic E-state index is 0. The monoisotopic (exact) mass is 550 g/mol. The molecule has 1 N–H and O–H groups in total. The fraction of sp³-hybridized carbons (Fsp3) is 0.412. The Balaban J connectivity index is 0.00000200. The molecule has 0 amide bonds. The summed E-state index contributed by atoms with van der Waals surface area (Å²) in [6, 6.07) is 29.1. The smallest absolute Gasteiger partial charge is 0.00190 e. The van der Waals surface area contributed by atoms with Crippen molar-refractivity contribution in [2.75, 3.05) is 32.7 Å². The summed E-state index contributed by atoms with van der Waals surface area (Å²) >= 11 is 0. The fourth-order valence-electron chi connectivity index (χ4n) is 6.00. The summed E-state index contributed by atoms with van der Waals surface area (Å²) in [4.78, 5) is 2.71. The number of rotatable bonds is 10. The molecule has 1 heterocycles. The number of nitrogens with one attached hydrogen (secondary N) is 1. The first-order valence-electron chi connectivity index (χ1n) is 14.2. The van der Waals surface area contributed by atoms with Gasteiger partial charge in [0.2, 0.25) is 0 Å². The summed E-state index contributed by atoms with van der Waals surface area (Å²) in [6.45, 7) is 5.92. The molecule has 3 aromatic carbocycles. The number of nitrogens with zero attached hydrogens (tertiary/aromatic N) is 1. The van der Waals surface area contributed by atoms with Crippen LogP contribution in [0.4, 0.5) is 0 Å². The largest absolute Gasteiger partial charge is 0.316 e. The molecule has 0 radical (unpaired) electrons. The van der Waals surface area contributed by atoms with Crippen molar-refractivity contribution in [3.63, 3.8) is 0 Å². The standard InChI is InChI=1S/C34H42N2.2ClH/c1(10-23-35-24-20-28-12-4-3-5-13-28)2-11-25-36-26-21-31(22-27-36)34-32-16-8-6-14-29(32)18-19-30-15-7-9-17-33(30)34;;/h3-9,12-17,35H,1-2,10-11,18-27H2;2*1H. The highest BCUT2D eigenvalue weighted by molar-refractivity contribution is 5.86. The zero-order valence-electron chi connectivity index (χ0n) is 22.7. The Morgan fingerprint density at radius 3 is 1.82 bits per heavy atom. The Morgan fingerprint density at radius 1 is 0.579 bits per heavy atom. The molecule has 0 saturated carbocycles. The Morgan fingerprint density at radius 2 is 1.16 bits per heavy atom. The summed E-state index contributed by atoms with van der Waals surface area (Å²) < 4.78 is 0. The maximum Gasteiger partial charge on any atom is 0.00190 e. The summed E-state index contributed by atoms with van der Waals surface area (Å²) in [5.41, 5.74) is 10.7. The molecular formula is C34H44Cl2N2. The topological polar surface area (TPSA) is 15.3 Å². The summed E-state index contributed by atoms with van der Waals surface area (Å²) in [7, 11) is 0. The van der Waals surface area contributed by atoms with Crippen molar-refractivity contribution in [1.29, 1.82) is 0 Å².